The highest BCUT2D eigenvalue weighted by molar-refractivity contribution is 7.99. The summed E-state index contributed by atoms with van der Waals surface area (Å²) < 4.78 is 0. The van der Waals surface area contributed by atoms with Crippen LogP contribution in [0, 0.1) is 29.1 Å². The fraction of sp³-hybridized carbons (Fsp3) is 0.368. The van der Waals surface area contributed by atoms with Crippen LogP contribution in [0.2, 0.25) is 0 Å². The van der Waals surface area contributed by atoms with Crippen molar-refractivity contribution in [1.29, 1.82) is 0 Å². The van der Waals surface area contributed by atoms with Crippen LogP contribution in [0.5, 0.6) is 0 Å². The normalized spacial score (nSPS) is 29.6. The topological polar surface area (TPSA) is 3.24 Å². The molecule has 6 unspecified atom stereocenters. The van der Waals surface area contributed by atoms with E-state index in [9.17, 15) is 0 Å². The number of benzene rings is 6. The van der Waals surface area contributed by atoms with Crippen molar-refractivity contribution in [3.8, 4) is 22.3 Å². The zero-order valence-corrected chi connectivity index (χ0v) is 36.3. The maximum absolute atomic E-state index is 2.59. The molecule has 0 aromatic heterocycles. The standard InChI is InChI=1S/C57H55NS/c1-53(2)26-27-54(3,4)52-45(53)15-11-16-47(52)58(39-23-24-41-40-12-7-8-13-42(40)55(5,6)46(41)32-39)38-21-18-35(19-22-38)36-20-25-44-49(30-36)59-48-17-10-9-14-43(48)57(44)50-29-34-28-37-31-51(57)56(37,50)33-34/h7-25,30,32,34,37,50-51H,26-29,31,33H2,1-6H3. The van der Waals surface area contributed by atoms with Gasteiger partial charge in [-0.2, -0.15) is 0 Å². The number of rotatable bonds is 4. The van der Waals surface area contributed by atoms with Crippen LogP contribution in [0.15, 0.2) is 137 Å². The summed E-state index contributed by atoms with van der Waals surface area (Å²) in [5.74, 6) is 3.62. The first-order valence-corrected chi connectivity index (χ1v) is 23.5. The number of hydrogen-bond donors (Lipinski definition) is 0. The van der Waals surface area contributed by atoms with Gasteiger partial charge in [0.1, 0.15) is 0 Å². The van der Waals surface area contributed by atoms with Crippen molar-refractivity contribution in [1.82, 2.24) is 0 Å². The third kappa shape index (κ3) is 4.30. The average molecular weight is 786 g/mol. The molecule has 1 heterocycles. The summed E-state index contributed by atoms with van der Waals surface area (Å²) in [6, 6.07) is 50.1. The Kier molecular flexibility index (Phi) is 6.83. The number of fused-ring (bicyclic) bond motifs is 11. The van der Waals surface area contributed by atoms with Crippen LogP contribution in [0.4, 0.5) is 17.1 Å². The number of nitrogens with zero attached hydrogens (tertiary/aromatic N) is 1. The van der Waals surface area contributed by atoms with Crippen LogP contribution in [0.1, 0.15) is 113 Å². The van der Waals surface area contributed by atoms with Gasteiger partial charge in [-0.15, -0.1) is 0 Å². The molecule has 2 heteroatoms. The maximum atomic E-state index is 2.59. The third-order valence-corrected chi connectivity index (χ3v) is 19.0. The summed E-state index contributed by atoms with van der Waals surface area (Å²) in [4.78, 5) is 5.58. The van der Waals surface area contributed by atoms with Gasteiger partial charge >= 0.3 is 0 Å². The minimum absolute atomic E-state index is 0.0567. The first-order chi connectivity index (χ1) is 28.4. The fourth-order valence-electron chi connectivity index (χ4n) is 15.2. The van der Waals surface area contributed by atoms with E-state index in [0.717, 1.165) is 23.7 Å². The van der Waals surface area contributed by atoms with Gasteiger partial charge in [0.15, 0.2) is 0 Å². The SMILES string of the molecule is CC1(C)CCC(C)(C)c2c(N(c3ccc(-c4ccc5c(c4)Sc4ccccc4C54C5CC6CC7CC4C75C6)cc3)c3ccc4c(c3)C(C)(C)c3ccccc3-4)cccc21. The van der Waals surface area contributed by atoms with Gasteiger partial charge in [-0.3, -0.25) is 0 Å². The highest BCUT2D eigenvalue weighted by atomic mass is 32.2. The van der Waals surface area contributed by atoms with Gasteiger partial charge < -0.3 is 4.90 Å². The molecule has 1 aliphatic heterocycles. The lowest BCUT2D eigenvalue weighted by molar-refractivity contribution is -0.235. The van der Waals surface area contributed by atoms with E-state index in [1.54, 1.807) is 11.1 Å². The predicted octanol–water partition coefficient (Wildman–Crippen LogP) is 15.3. The Hall–Kier alpha value is -4.53. The summed E-state index contributed by atoms with van der Waals surface area (Å²) in [7, 11) is 0. The molecule has 1 nitrogen and oxygen atoms in total. The number of anilines is 3. The van der Waals surface area contributed by atoms with Crippen molar-refractivity contribution >= 4 is 28.8 Å². The Bertz CT molecular complexity index is 2790. The van der Waals surface area contributed by atoms with Gasteiger partial charge in [-0.1, -0.05) is 138 Å². The van der Waals surface area contributed by atoms with Crippen molar-refractivity contribution in [3.05, 3.63) is 161 Å². The zero-order valence-electron chi connectivity index (χ0n) is 35.5. The minimum atomic E-state index is -0.0733. The van der Waals surface area contributed by atoms with Crippen LogP contribution in [-0.2, 0) is 21.7 Å². The molecule has 4 fully saturated rings. The summed E-state index contributed by atoms with van der Waals surface area (Å²) in [5.41, 5.74) is 19.2. The van der Waals surface area contributed by atoms with Gasteiger partial charge in [0, 0.05) is 32.0 Å². The Morgan fingerprint density at radius 3 is 2.03 bits per heavy atom. The molecule has 6 atom stereocenters. The Morgan fingerprint density at radius 2 is 1.20 bits per heavy atom. The van der Waals surface area contributed by atoms with E-state index in [2.05, 4.69) is 174 Å². The van der Waals surface area contributed by atoms with Gasteiger partial charge in [0.25, 0.3) is 0 Å². The van der Waals surface area contributed by atoms with E-state index in [4.69, 9.17) is 0 Å². The molecule has 0 radical (unpaired) electrons. The smallest absolute Gasteiger partial charge is 0.0502 e. The molecular formula is C57H55NS. The minimum Gasteiger partial charge on any atom is -0.310 e. The lowest BCUT2D eigenvalue weighted by Crippen LogP contribution is -2.74. The van der Waals surface area contributed by atoms with Crippen LogP contribution < -0.4 is 4.90 Å². The predicted molar refractivity (Wildman–Crippen MR) is 246 cm³/mol. The van der Waals surface area contributed by atoms with Gasteiger partial charge in [-0.25, -0.2) is 0 Å². The van der Waals surface area contributed by atoms with E-state index >= 15 is 0 Å². The molecule has 0 amide bonds. The van der Waals surface area contributed by atoms with Crippen molar-refractivity contribution in [2.45, 2.75) is 112 Å². The van der Waals surface area contributed by atoms with Gasteiger partial charge in [0.05, 0.1) is 5.69 Å². The first kappa shape index (κ1) is 35.2. The van der Waals surface area contributed by atoms with E-state index in [1.807, 2.05) is 11.8 Å². The molecule has 2 bridgehead atoms. The van der Waals surface area contributed by atoms with Crippen LogP contribution in [0.25, 0.3) is 22.3 Å². The summed E-state index contributed by atoms with van der Waals surface area (Å²) in [6.45, 7) is 14.6. The second-order valence-electron chi connectivity index (χ2n) is 21.6. The molecule has 0 saturated heterocycles. The van der Waals surface area contributed by atoms with E-state index < -0.39 is 0 Å². The maximum Gasteiger partial charge on any atom is 0.0502 e. The Balaban J connectivity index is 0.929. The molecule has 13 rings (SSSR count). The van der Waals surface area contributed by atoms with Crippen LogP contribution in [0.3, 0.4) is 0 Å². The molecule has 4 saturated carbocycles. The molecule has 6 aromatic rings. The van der Waals surface area contributed by atoms with Crippen molar-refractivity contribution in [2.24, 2.45) is 29.1 Å². The quantitative estimate of drug-likeness (QED) is 0.175. The van der Waals surface area contributed by atoms with Gasteiger partial charge in [0.2, 0.25) is 0 Å². The van der Waals surface area contributed by atoms with E-state index in [1.165, 1.54) is 110 Å². The summed E-state index contributed by atoms with van der Waals surface area (Å²) in [5, 5.41) is 0. The zero-order chi connectivity index (χ0) is 39.8. The molecule has 59 heavy (non-hydrogen) atoms. The lowest BCUT2D eigenvalue weighted by Gasteiger charge is -2.78. The molecule has 294 valence electrons. The Morgan fingerprint density at radius 1 is 0.525 bits per heavy atom. The highest BCUT2D eigenvalue weighted by Gasteiger charge is 2.84. The summed E-state index contributed by atoms with van der Waals surface area (Å²) in [6.07, 6.45) is 8.29. The second-order valence-corrected chi connectivity index (χ2v) is 22.7. The van der Waals surface area contributed by atoms with E-state index in [-0.39, 0.29) is 21.7 Å². The van der Waals surface area contributed by atoms with Crippen molar-refractivity contribution < 1.29 is 0 Å². The molecule has 6 aromatic carbocycles. The Labute approximate surface area is 355 Å². The third-order valence-electron chi connectivity index (χ3n) is 17.8. The average Bonchev–Trinajstić information content (AvgIpc) is 3.85. The molecule has 0 N–H and O–H groups in total. The van der Waals surface area contributed by atoms with Crippen molar-refractivity contribution in [3.63, 3.8) is 0 Å². The number of hydrogen-bond acceptors (Lipinski definition) is 2. The van der Waals surface area contributed by atoms with Crippen molar-refractivity contribution in [2.75, 3.05) is 4.90 Å². The first-order valence-electron chi connectivity index (χ1n) is 22.6. The largest absolute Gasteiger partial charge is 0.310 e. The molecule has 2 spiro atoms. The molecule has 7 aliphatic rings. The van der Waals surface area contributed by atoms with Crippen LogP contribution >= 0.6 is 11.8 Å². The fourth-order valence-corrected chi connectivity index (χ4v) is 16.5. The van der Waals surface area contributed by atoms with Crippen LogP contribution in [-0.4, -0.2) is 0 Å². The van der Waals surface area contributed by atoms with E-state index in [0.29, 0.717) is 5.41 Å². The summed E-state index contributed by atoms with van der Waals surface area (Å²) >= 11 is 2.03. The molecular weight excluding hydrogens is 731 g/mol. The monoisotopic (exact) mass is 785 g/mol. The molecule has 6 aliphatic carbocycles. The highest BCUT2D eigenvalue weighted by Crippen LogP contribution is 2.89. The second kappa shape index (κ2) is 11.4. The lowest BCUT2D eigenvalue weighted by atomic mass is 9.26. The van der Waals surface area contributed by atoms with Gasteiger partial charge in [-0.05, 0) is 177 Å².